The van der Waals surface area contributed by atoms with Crippen molar-refractivity contribution < 1.29 is 14.3 Å². The Morgan fingerprint density at radius 1 is 1.30 bits per heavy atom. The third-order valence-corrected chi connectivity index (χ3v) is 3.98. The van der Waals surface area contributed by atoms with Crippen LogP contribution >= 0.6 is 0 Å². The van der Waals surface area contributed by atoms with Gasteiger partial charge < -0.3 is 15.4 Å². The van der Waals surface area contributed by atoms with Crippen LogP contribution in [0.5, 0.6) is 5.75 Å². The third kappa shape index (κ3) is 5.25. The molecule has 0 saturated heterocycles. The standard InChI is InChI=1S/C17H25N3O3/c1-4-20(12(2)17(22)19-14-5-6-14)11-16(21)18-13-7-9-15(23-3)10-8-13/h7-10,12,14H,4-6,11H2,1-3H3,(H,18,21)(H,19,22). The Bertz CT molecular complexity index is 541. The van der Waals surface area contributed by atoms with Crippen LogP contribution in [0.15, 0.2) is 24.3 Å². The van der Waals surface area contributed by atoms with Crippen LogP contribution in [0.25, 0.3) is 0 Å². The number of carbonyl (C=O) groups excluding carboxylic acids is 2. The van der Waals surface area contributed by atoms with Crippen LogP contribution in [-0.4, -0.2) is 49.0 Å². The lowest BCUT2D eigenvalue weighted by molar-refractivity contribution is -0.127. The molecular weight excluding hydrogens is 294 g/mol. The normalized spacial score (nSPS) is 15.1. The van der Waals surface area contributed by atoms with Crippen molar-refractivity contribution in [1.82, 2.24) is 10.2 Å². The van der Waals surface area contributed by atoms with Gasteiger partial charge in [-0.3, -0.25) is 14.5 Å². The van der Waals surface area contributed by atoms with Gasteiger partial charge in [-0.05, 0) is 50.6 Å². The number of amides is 2. The summed E-state index contributed by atoms with van der Waals surface area (Å²) in [7, 11) is 1.60. The van der Waals surface area contributed by atoms with E-state index in [-0.39, 0.29) is 24.4 Å². The molecule has 2 amide bonds. The van der Waals surface area contributed by atoms with E-state index in [1.807, 2.05) is 18.7 Å². The first-order chi connectivity index (χ1) is 11.0. The molecule has 23 heavy (non-hydrogen) atoms. The van der Waals surface area contributed by atoms with Crippen molar-refractivity contribution in [3.63, 3.8) is 0 Å². The van der Waals surface area contributed by atoms with E-state index in [9.17, 15) is 9.59 Å². The topological polar surface area (TPSA) is 70.7 Å². The predicted octanol–water partition coefficient (Wildman–Crippen LogP) is 1.62. The fraction of sp³-hybridized carbons (Fsp3) is 0.529. The van der Waals surface area contributed by atoms with Gasteiger partial charge in [-0.15, -0.1) is 0 Å². The van der Waals surface area contributed by atoms with E-state index in [4.69, 9.17) is 4.74 Å². The Labute approximate surface area is 137 Å². The summed E-state index contributed by atoms with van der Waals surface area (Å²) in [5.41, 5.74) is 0.710. The van der Waals surface area contributed by atoms with Crippen molar-refractivity contribution in [1.29, 1.82) is 0 Å². The number of hydrogen-bond acceptors (Lipinski definition) is 4. The second-order valence-corrected chi connectivity index (χ2v) is 5.80. The highest BCUT2D eigenvalue weighted by Gasteiger charge is 2.28. The number of methoxy groups -OCH3 is 1. The van der Waals surface area contributed by atoms with Crippen LogP contribution in [0.3, 0.4) is 0 Å². The van der Waals surface area contributed by atoms with E-state index in [1.165, 1.54) is 0 Å². The summed E-state index contributed by atoms with van der Waals surface area (Å²) in [5.74, 6) is 0.596. The van der Waals surface area contributed by atoms with Crippen molar-refractivity contribution in [2.75, 3.05) is 25.5 Å². The molecule has 1 aromatic carbocycles. The summed E-state index contributed by atoms with van der Waals surface area (Å²) in [5, 5.41) is 5.81. The van der Waals surface area contributed by atoms with Gasteiger partial charge in [0.25, 0.3) is 0 Å². The molecule has 0 aliphatic heterocycles. The summed E-state index contributed by atoms with van der Waals surface area (Å²) in [6, 6.07) is 7.17. The zero-order valence-corrected chi connectivity index (χ0v) is 14.0. The van der Waals surface area contributed by atoms with E-state index in [1.54, 1.807) is 31.4 Å². The van der Waals surface area contributed by atoms with E-state index in [0.29, 0.717) is 18.3 Å². The molecule has 1 fully saturated rings. The molecule has 1 atom stereocenters. The highest BCUT2D eigenvalue weighted by molar-refractivity contribution is 5.93. The molecule has 1 aromatic rings. The summed E-state index contributed by atoms with van der Waals surface area (Å²) >= 11 is 0. The highest BCUT2D eigenvalue weighted by atomic mass is 16.5. The molecule has 6 nitrogen and oxygen atoms in total. The van der Waals surface area contributed by atoms with Crippen molar-refractivity contribution in [2.24, 2.45) is 0 Å². The maximum Gasteiger partial charge on any atom is 0.238 e. The van der Waals surface area contributed by atoms with Gasteiger partial charge in [0.15, 0.2) is 0 Å². The minimum absolute atomic E-state index is 0.00778. The molecule has 0 heterocycles. The molecule has 0 spiro atoms. The van der Waals surface area contributed by atoms with Crippen LogP contribution in [0.4, 0.5) is 5.69 Å². The summed E-state index contributed by atoms with van der Waals surface area (Å²) in [6.45, 7) is 4.60. The van der Waals surface area contributed by atoms with E-state index < -0.39 is 0 Å². The fourth-order valence-corrected chi connectivity index (χ4v) is 2.30. The van der Waals surface area contributed by atoms with Gasteiger partial charge in [-0.1, -0.05) is 6.92 Å². The lowest BCUT2D eigenvalue weighted by Crippen LogP contribution is -2.48. The number of rotatable bonds is 8. The Hall–Kier alpha value is -2.08. The summed E-state index contributed by atoms with van der Waals surface area (Å²) in [6.07, 6.45) is 2.12. The van der Waals surface area contributed by atoms with Gasteiger partial charge in [0, 0.05) is 11.7 Å². The molecule has 126 valence electrons. The van der Waals surface area contributed by atoms with Crippen LogP contribution in [0.1, 0.15) is 26.7 Å². The van der Waals surface area contributed by atoms with Gasteiger partial charge >= 0.3 is 0 Å². The number of hydrogen-bond donors (Lipinski definition) is 2. The van der Waals surface area contributed by atoms with E-state index in [2.05, 4.69) is 10.6 Å². The van der Waals surface area contributed by atoms with Crippen LogP contribution in [0, 0.1) is 0 Å². The molecule has 1 aliphatic rings. The molecule has 0 bridgehead atoms. The van der Waals surface area contributed by atoms with Gasteiger partial charge in [0.2, 0.25) is 11.8 Å². The lowest BCUT2D eigenvalue weighted by atomic mass is 10.2. The zero-order valence-electron chi connectivity index (χ0n) is 14.0. The van der Waals surface area contributed by atoms with Crippen LogP contribution < -0.4 is 15.4 Å². The fourth-order valence-electron chi connectivity index (χ4n) is 2.30. The monoisotopic (exact) mass is 319 g/mol. The molecule has 1 unspecified atom stereocenters. The minimum Gasteiger partial charge on any atom is -0.497 e. The van der Waals surface area contributed by atoms with Gasteiger partial charge in [0.1, 0.15) is 5.75 Å². The molecule has 0 aromatic heterocycles. The molecule has 1 aliphatic carbocycles. The number of likely N-dealkylation sites (N-methyl/N-ethyl adjacent to an activating group) is 1. The minimum atomic E-state index is -0.317. The van der Waals surface area contributed by atoms with Crippen LogP contribution in [0.2, 0.25) is 0 Å². The number of ether oxygens (including phenoxy) is 1. The first-order valence-electron chi connectivity index (χ1n) is 8.01. The Morgan fingerprint density at radius 3 is 2.48 bits per heavy atom. The number of carbonyl (C=O) groups is 2. The smallest absolute Gasteiger partial charge is 0.238 e. The largest absolute Gasteiger partial charge is 0.497 e. The number of nitrogens with one attached hydrogen (secondary N) is 2. The van der Waals surface area contributed by atoms with Gasteiger partial charge in [0.05, 0.1) is 19.7 Å². The Morgan fingerprint density at radius 2 is 1.96 bits per heavy atom. The van der Waals surface area contributed by atoms with Gasteiger partial charge in [-0.2, -0.15) is 0 Å². The highest BCUT2D eigenvalue weighted by Crippen LogP contribution is 2.19. The predicted molar refractivity (Wildman–Crippen MR) is 89.5 cm³/mol. The average Bonchev–Trinajstić information content (AvgIpc) is 3.36. The third-order valence-electron chi connectivity index (χ3n) is 3.98. The Kier molecular flexibility index (Phi) is 5.98. The second-order valence-electron chi connectivity index (χ2n) is 5.80. The zero-order chi connectivity index (χ0) is 16.8. The average molecular weight is 319 g/mol. The molecule has 2 N–H and O–H groups in total. The Balaban J connectivity index is 1.86. The van der Waals surface area contributed by atoms with E-state index in [0.717, 1.165) is 18.6 Å². The first kappa shape index (κ1) is 17.3. The quantitative estimate of drug-likeness (QED) is 0.764. The maximum atomic E-state index is 12.2. The van der Waals surface area contributed by atoms with Crippen molar-refractivity contribution in [3.05, 3.63) is 24.3 Å². The van der Waals surface area contributed by atoms with Crippen molar-refractivity contribution >= 4 is 17.5 Å². The molecule has 1 saturated carbocycles. The van der Waals surface area contributed by atoms with Crippen molar-refractivity contribution in [3.8, 4) is 5.75 Å². The van der Waals surface area contributed by atoms with Crippen LogP contribution in [-0.2, 0) is 9.59 Å². The van der Waals surface area contributed by atoms with E-state index >= 15 is 0 Å². The number of nitrogens with zero attached hydrogens (tertiary/aromatic N) is 1. The summed E-state index contributed by atoms with van der Waals surface area (Å²) in [4.78, 5) is 26.1. The lowest BCUT2D eigenvalue weighted by Gasteiger charge is -2.26. The molecule has 0 radical (unpaired) electrons. The molecule has 6 heteroatoms. The number of benzene rings is 1. The van der Waals surface area contributed by atoms with Crippen molar-refractivity contribution in [2.45, 2.75) is 38.8 Å². The molecule has 2 rings (SSSR count). The SMILES string of the molecule is CCN(CC(=O)Nc1ccc(OC)cc1)C(C)C(=O)NC1CC1. The number of anilines is 1. The maximum absolute atomic E-state index is 12.2. The second kappa shape index (κ2) is 7.97. The first-order valence-corrected chi connectivity index (χ1v) is 8.01. The summed E-state index contributed by atoms with van der Waals surface area (Å²) < 4.78 is 5.09. The molecular formula is C17H25N3O3. The van der Waals surface area contributed by atoms with Gasteiger partial charge in [-0.25, -0.2) is 0 Å².